The highest BCUT2D eigenvalue weighted by atomic mass is 35.5. The van der Waals surface area contributed by atoms with Gasteiger partial charge in [0.25, 0.3) is 0 Å². The second-order valence-corrected chi connectivity index (χ2v) is 4.68. The lowest BCUT2D eigenvalue weighted by molar-refractivity contribution is 0.0698. The first-order valence-electron chi connectivity index (χ1n) is 5.73. The quantitative estimate of drug-likeness (QED) is 0.756. The van der Waals surface area contributed by atoms with Crippen molar-refractivity contribution in [3.63, 3.8) is 0 Å². The molecule has 0 aliphatic carbocycles. The minimum Gasteiger partial charge on any atom is -0.478 e. The van der Waals surface area contributed by atoms with E-state index in [0.717, 1.165) is 11.6 Å². The van der Waals surface area contributed by atoms with Gasteiger partial charge in [-0.05, 0) is 36.4 Å². The van der Waals surface area contributed by atoms with Crippen molar-refractivity contribution in [2.75, 3.05) is 0 Å². The molecule has 0 saturated heterocycles. The molecule has 0 aliphatic heterocycles. The monoisotopic (exact) mass is 290 g/mol. The average Bonchev–Trinajstić information content (AvgIpc) is 2.81. The highest BCUT2D eigenvalue weighted by Crippen LogP contribution is 2.25. The van der Waals surface area contributed by atoms with E-state index in [-0.39, 0.29) is 11.1 Å². The van der Waals surface area contributed by atoms with E-state index in [9.17, 15) is 9.18 Å². The SMILES string of the molecule is O=C(O)c1cc(F)cc2[nH]c(-c3ccc(Cl)cc3)nc12. The topological polar surface area (TPSA) is 66.0 Å². The first kappa shape index (κ1) is 12.6. The molecule has 1 heterocycles. The van der Waals surface area contributed by atoms with Crippen LogP contribution in [0, 0.1) is 5.82 Å². The van der Waals surface area contributed by atoms with Crippen LogP contribution in [-0.4, -0.2) is 21.0 Å². The number of rotatable bonds is 2. The number of carbonyl (C=O) groups is 1. The minimum atomic E-state index is -1.22. The summed E-state index contributed by atoms with van der Waals surface area (Å²) >= 11 is 5.81. The fourth-order valence-electron chi connectivity index (χ4n) is 1.99. The second kappa shape index (κ2) is 4.61. The molecule has 100 valence electrons. The van der Waals surface area contributed by atoms with Crippen molar-refractivity contribution in [3.8, 4) is 11.4 Å². The van der Waals surface area contributed by atoms with Crippen molar-refractivity contribution in [2.45, 2.75) is 0 Å². The van der Waals surface area contributed by atoms with Gasteiger partial charge in [-0.15, -0.1) is 0 Å². The van der Waals surface area contributed by atoms with Gasteiger partial charge in [-0.3, -0.25) is 0 Å². The number of benzene rings is 2. The van der Waals surface area contributed by atoms with Crippen molar-refractivity contribution in [3.05, 3.63) is 52.8 Å². The summed E-state index contributed by atoms with van der Waals surface area (Å²) in [5, 5.41) is 9.67. The van der Waals surface area contributed by atoms with Gasteiger partial charge in [0.15, 0.2) is 0 Å². The summed E-state index contributed by atoms with van der Waals surface area (Å²) in [6.07, 6.45) is 0. The van der Waals surface area contributed by atoms with Crippen LogP contribution >= 0.6 is 11.6 Å². The third kappa shape index (κ3) is 2.12. The molecule has 20 heavy (non-hydrogen) atoms. The molecule has 1 aromatic heterocycles. The van der Waals surface area contributed by atoms with Gasteiger partial charge < -0.3 is 10.1 Å². The molecule has 2 aromatic carbocycles. The molecule has 0 unspecified atom stereocenters. The van der Waals surface area contributed by atoms with E-state index in [1.54, 1.807) is 24.3 Å². The number of hydrogen-bond acceptors (Lipinski definition) is 2. The first-order valence-corrected chi connectivity index (χ1v) is 6.11. The van der Waals surface area contributed by atoms with Crippen LogP contribution in [0.1, 0.15) is 10.4 Å². The van der Waals surface area contributed by atoms with Gasteiger partial charge in [-0.25, -0.2) is 14.2 Å². The molecule has 0 radical (unpaired) electrons. The van der Waals surface area contributed by atoms with Crippen LogP contribution in [0.3, 0.4) is 0 Å². The van der Waals surface area contributed by atoms with Gasteiger partial charge in [-0.1, -0.05) is 11.6 Å². The lowest BCUT2D eigenvalue weighted by Crippen LogP contribution is -1.98. The van der Waals surface area contributed by atoms with Gasteiger partial charge in [-0.2, -0.15) is 0 Å². The van der Waals surface area contributed by atoms with E-state index in [1.807, 2.05) is 0 Å². The molecule has 0 spiro atoms. The maximum absolute atomic E-state index is 13.4. The summed E-state index contributed by atoms with van der Waals surface area (Å²) in [6.45, 7) is 0. The zero-order chi connectivity index (χ0) is 14.3. The van der Waals surface area contributed by atoms with Crippen molar-refractivity contribution in [1.82, 2.24) is 9.97 Å². The summed E-state index contributed by atoms with van der Waals surface area (Å²) in [5.41, 5.74) is 1.13. The minimum absolute atomic E-state index is 0.170. The van der Waals surface area contributed by atoms with Crippen molar-refractivity contribution in [1.29, 1.82) is 0 Å². The van der Waals surface area contributed by atoms with Gasteiger partial charge in [0.2, 0.25) is 0 Å². The number of H-pyrrole nitrogens is 1. The van der Waals surface area contributed by atoms with E-state index in [4.69, 9.17) is 16.7 Å². The first-order chi connectivity index (χ1) is 9.54. The molecular formula is C14H8ClFN2O2. The van der Waals surface area contributed by atoms with Crippen molar-refractivity contribution >= 4 is 28.6 Å². The van der Waals surface area contributed by atoms with Gasteiger partial charge in [0.05, 0.1) is 11.1 Å². The number of nitrogens with one attached hydrogen (secondary N) is 1. The average molecular weight is 291 g/mol. The number of halogens is 2. The number of imidazole rings is 1. The molecule has 0 fully saturated rings. The van der Waals surface area contributed by atoms with Gasteiger partial charge >= 0.3 is 5.97 Å². The van der Waals surface area contributed by atoms with Crippen LogP contribution in [-0.2, 0) is 0 Å². The zero-order valence-corrected chi connectivity index (χ0v) is 10.8. The lowest BCUT2D eigenvalue weighted by Gasteiger charge is -1.96. The molecule has 4 nitrogen and oxygen atoms in total. The largest absolute Gasteiger partial charge is 0.478 e. The Kier molecular flexibility index (Phi) is 2.91. The van der Waals surface area contributed by atoms with Crippen LogP contribution in [0.15, 0.2) is 36.4 Å². The maximum atomic E-state index is 13.4. The second-order valence-electron chi connectivity index (χ2n) is 4.25. The normalized spacial score (nSPS) is 10.9. The molecule has 3 aromatic rings. The van der Waals surface area contributed by atoms with Crippen molar-refractivity contribution in [2.24, 2.45) is 0 Å². The zero-order valence-electron chi connectivity index (χ0n) is 10.0. The molecule has 6 heteroatoms. The Morgan fingerprint density at radius 1 is 1.25 bits per heavy atom. The number of carboxylic acids is 1. The number of hydrogen-bond donors (Lipinski definition) is 2. The Hall–Kier alpha value is -2.40. The lowest BCUT2D eigenvalue weighted by atomic mass is 10.2. The molecule has 0 amide bonds. The standard InChI is InChI=1S/C14H8ClFN2O2/c15-8-3-1-7(2-4-8)13-17-11-6-9(16)5-10(14(19)20)12(11)18-13/h1-6H,(H,17,18)(H,19,20). The Morgan fingerprint density at radius 2 is 1.95 bits per heavy atom. The predicted molar refractivity (Wildman–Crippen MR) is 73.5 cm³/mol. The molecule has 0 bridgehead atoms. The third-order valence-corrected chi connectivity index (χ3v) is 3.15. The number of aromatic carboxylic acids is 1. The smallest absolute Gasteiger partial charge is 0.338 e. The van der Waals surface area contributed by atoms with Crippen LogP contribution in [0.25, 0.3) is 22.4 Å². The number of aromatic nitrogens is 2. The van der Waals surface area contributed by atoms with Crippen LogP contribution in [0.5, 0.6) is 0 Å². The molecule has 0 aliphatic rings. The van der Waals surface area contributed by atoms with E-state index < -0.39 is 11.8 Å². The van der Waals surface area contributed by atoms with E-state index in [0.29, 0.717) is 16.4 Å². The molecular weight excluding hydrogens is 283 g/mol. The number of aromatic amines is 1. The maximum Gasteiger partial charge on any atom is 0.338 e. The summed E-state index contributed by atoms with van der Waals surface area (Å²) in [4.78, 5) is 18.3. The number of carboxylic acid groups (broad SMARTS) is 1. The number of nitrogens with zero attached hydrogens (tertiary/aromatic N) is 1. The highest BCUT2D eigenvalue weighted by Gasteiger charge is 2.15. The fourth-order valence-corrected chi connectivity index (χ4v) is 2.12. The van der Waals surface area contributed by atoms with Gasteiger partial charge in [0.1, 0.15) is 17.2 Å². The van der Waals surface area contributed by atoms with Crippen molar-refractivity contribution < 1.29 is 14.3 Å². The highest BCUT2D eigenvalue weighted by molar-refractivity contribution is 6.30. The molecule has 3 rings (SSSR count). The Balaban J connectivity index is 2.22. The summed E-state index contributed by atoms with van der Waals surface area (Å²) in [7, 11) is 0. The van der Waals surface area contributed by atoms with Crippen LogP contribution in [0.2, 0.25) is 5.02 Å². The number of fused-ring (bicyclic) bond motifs is 1. The van der Waals surface area contributed by atoms with E-state index >= 15 is 0 Å². The molecule has 2 N–H and O–H groups in total. The molecule has 0 atom stereocenters. The van der Waals surface area contributed by atoms with E-state index in [2.05, 4.69) is 9.97 Å². The summed E-state index contributed by atoms with van der Waals surface area (Å²) in [6, 6.07) is 9.06. The van der Waals surface area contributed by atoms with Crippen LogP contribution < -0.4 is 0 Å². The van der Waals surface area contributed by atoms with Crippen LogP contribution in [0.4, 0.5) is 4.39 Å². The summed E-state index contributed by atoms with van der Waals surface area (Å²) < 4.78 is 13.4. The fraction of sp³-hybridized carbons (Fsp3) is 0. The predicted octanol–water partition coefficient (Wildman–Crippen LogP) is 3.72. The summed E-state index contributed by atoms with van der Waals surface area (Å²) in [5.74, 6) is -1.38. The third-order valence-electron chi connectivity index (χ3n) is 2.90. The van der Waals surface area contributed by atoms with E-state index in [1.165, 1.54) is 6.07 Å². The molecule has 0 saturated carbocycles. The Morgan fingerprint density at radius 3 is 2.60 bits per heavy atom. The Bertz CT molecular complexity index is 812. The Labute approximate surface area is 117 Å². The van der Waals surface area contributed by atoms with Gasteiger partial charge in [0, 0.05) is 10.6 Å².